The van der Waals surface area contributed by atoms with E-state index in [1.807, 2.05) is 19.9 Å². The van der Waals surface area contributed by atoms with E-state index in [0.29, 0.717) is 5.92 Å². The molecule has 0 fully saturated rings. The van der Waals surface area contributed by atoms with Crippen molar-refractivity contribution in [1.82, 2.24) is 0 Å². The molecule has 0 aromatic carbocycles. The lowest BCUT2D eigenvalue weighted by molar-refractivity contribution is 0.125. The highest BCUT2D eigenvalue weighted by Crippen LogP contribution is 2.25. The highest BCUT2D eigenvalue weighted by Gasteiger charge is 2.21. The summed E-state index contributed by atoms with van der Waals surface area (Å²) < 4.78 is 0. The Morgan fingerprint density at radius 2 is 2.11 bits per heavy atom. The molecule has 0 aliphatic carbocycles. The highest BCUT2D eigenvalue weighted by molar-refractivity contribution is 4.86. The van der Waals surface area contributed by atoms with Gasteiger partial charge in [0, 0.05) is 6.61 Å². The Kier molecular flexibility index (Phi) is 2.92. The van der Waals surface area contributed by atoms with Crippen molar-refractivity contribution in [2.45, 2.75) is 20.8 Å². The van der Waals surface area contributed by atoms with Crippen molar-refractivity contribution in [3.05, 3.63) is 12.7 Å². The summed E-state index contributed by atoms with van der Waals surface area (Å²) in [5.74, 6) is 0.377. The van der Waals surface area contributed by atoms with Crippen LogP contribution in [0, 0.1) is 11.3 Å². The van der Waals surface area contributed by atoms with Crippen LogP contribution < -0.4 is 0 Å². The minimum Gasteiger partial charge on any atom is -0.396 e. The number of aliphatic hydroxyl groups is 1. The summed E-state index contributed by atoms with van der Waals surface area (Å²) in [6.45, 7) is 10.00. The monoisotopic (exact) mass is 128 g/mol. The van der Waals surface area contributed by atoms with Crippen LogP contribution >= 0.6 is 0 Å². The molecule has 1 nitrogen and oxygen atoms in total. The summed E-state index contributed by atoms with van der Waals surface area (Å²) in [6, 6.07) is 0. The topological polar surface area (TPSA) is 20.2 Å². The maximum Gasteiger partial charge on any atom is 0.0487 e. The van der Waals surface area contributed by atoms with E-state index >= 15 is 0 Å². The predicted octanol–water partition coefficient (Wildman–Crippen LogP) is 1.83. The molecule has 0 radical (unpaired) electrons. The summed E-state index contributed by atoms with van der Waals surface area (Å²) >= 11 is 0. The summed E-state index contributed by atoms with van der Waals surface area (Å²) in [4.78, 5) is 0. The maximum atomic E-state index is 8.85. The first-order valence-corrected chi connectivity index (χ1v) is 3.28. The van der Waals surface area contributed by atoms with E-state index in [1.165, 1.54) is 0 Å². The third-order valence-corrected chi connectivity index (χ3v) is 1.99. The SMILES string of the molecule is C=C[C@H](C)C(C)(C)CO. The zero-order chi connectivity index (χ0) is 7.49. The van der Waals surface area contributed by atoms with Crippen LogP contribution in [0.3, 0.4) is 0 Å². The molecule has 54 valence electrons. The number of rotatable bonds is 3. The lowest BCUT2D eigenvalue weighted by Gasteiger charge is -2.26. The second-order valence-electron chi connectivity index (χ2n) is 3.17. The van der Waals surface area contributed by atoms with Gasteiger partial charge in [0.15, 0.2) is 0 Å². The minimum atomic E-state index is -0.0122. The van der Waals surface area contributed by atoms with Crippen LogP contribution in [-0.2, 0) is 0 Å². The molecule has 0 rings (SSSR count). The van der Waals surface area contributed by atoms with E-state index in [-0.39, 0.29) is 12.0 Å². The average molecular weight is 128 g/mol. The Morgan fingerprint density at radius 1 is 1.67 bits per heavy atom. The predicted molar refractivity (Wildman–Crippen MR) is 40.2 cm³/mol. The second kappa shape index (κ2) is 3.02. The van der Waals surface area contributed by atoms with Crippen molar-refractivity contribution in [3.63, 3.8) is 0 Å². The van der Waals surface area contributed by atoms with Gasteiger partial charge < -0.3 is 5.11 Å². The Morgan fingerprint density at radius 3 is 2.22 bits per heavy atom. The van der Waals surface area contributed by atoms with Crippen molar-refractivity contribution in [2.24, 2.45) is 11.3 Å². The summed E-state index contributed by atoms with van der Waals surface area (Å²) in [5, 5.41) is 8.85. The van der Waals surface area contributed by atoms with Gasteiger partial charge in [-0.25, -0.2) is 0 Å². The lowest BCUT2D eigenvalue weighted by atomic mass is 9.81. The number of hydrogen-bond acceptors (Lipinski definition) is 1. The van der Waals surface area contributed by atoms with Crippen molar-refractivity contribution < 1.29 is 5.11 Å². The summed E-state index contributed by atoms with van der Waals surface area (Å²) in [7, 11) is 0. The molecule has 0 amide bonds. The number of aliphatic hydroxyl groups excluding tert-OH is 1. The lowest BCUT2D eigenvalue weighted by Crippen LogP contribution is -2.23. The molecule has 0 spiro atoms. The third-order valence-electron chi connectivity index (χ3n) is 1.99. The van der Waals surface area contributed by atoms with E-state index in [2.05, 4.69) is 13.5 Å². The maximum absolute atomic E-state index is 8.85. The molecule has 1 heteroatoms. The van der Waals surface area contributed by atoms with Gasteiger partial charge in [-0.15, -0.1) is 6.58 Å². The van der Waals surface area contributed by atoms with Gasteiger partial charge in [0.2, 0.25) is 0 Å². The van der Waals surface area contributed by atoms with Crippen LogP contribution in [0.4, 0.5) is 0 Å². The van der Waals surface area contributed by atoms with Crippen molar-refractivity contribution in [2.75, 3.05) is 6.61 Å². The smallest absolute Gasteiger partial charge is 0.0487 e. The second-order valence-corrected chi connectivity index (χ2v) is 3.17. The van der Waals surface area contributed by atoms with E-state index in [1.54, 1.807) is 0 Å². The Balaban J connectivity index is 3.95. The molecule has 0 aliphatic heterocycles. The Labute approximate surface area is 57.4 Å². The third kappa shape index (κ3) is 2.19. The molecule has 1 N–H and O–H groups in total. The standard InChI is InChI=1S/C8H16O/c1-5-7(2)8(3,4)6-9/h5,7,9H,1,6H2,2-4H3/t7-/m0/s1. The quantitative estimate of drug-likeness (QED) is 0.575. The van der Waals surface area contributed by atoms with E-state index in [9.17, 15) is 0 Å². The molecule has 0 aromatic heterocycles. The molecule has 0 aromatic rings. The molecule has 0 bridgehead atoms. The first-order valence-electron chi connectivity index (χ1n) is 3.28. The average Bonchev–Trinajstić information content (AvgIpc) is 1.86. The minimum absolute atomic E-state index is 0.0122. The van der Waals surface area contributed by atoms with E-state index in [0.717, 1.165) is 0 Å². The van der Waals surface area contributed by atoms with E-state index in [4.69, 9.17) is 5.11 Å². The van der Waals surface area contributed by atoms with Crippen LogP contribution in [0.2, 0.25) is 0 Å². The van der Waals surface area contributed by atoms with Crippen LogP contribution in [0.1, 0.15) is 20.8 Å². The number of hydrogen-bond donors (Lipinski definition) is 1. The molecule has 1 atom stereocenters. The van der Waals surface area contributed by atoms with Crippen LogP contribution in [-0.4, -0.2) is 11.7 Å². The summed E-state index contributed by atoms with van der Waals surface area (Å²) in [5.41, 5.74) is -0.0122. The van der Waals surface area contributed by atoms with Gasteiger partial charge in [-0.1, -0.05) is 26.8 Å². The first kappa shape index (κ1) is 8.70. The van der Waals surface area contributed by atoms with Crippen molar-refractivity contribution in [1.29, 1.82) is 0 Å². The largest absolute Gasteiger partial charge is 0.396 e. The molecule has 0 saturated heterocycles. The van der Waals surface area contributed by atoms with Gasteiger partial charge in [-0.3, -0.25) is 0 Å². The van der Waals surface area contributed by atoms with Crippen molar-refractivity contribution >= 4 is 0 Å². The van der Waals surface area contributed by atoms with Gasteiger partial charge in [-0.2, -0.15) is 0 Å². The fraction of sp³-hybridized carbons (Fsp3) is 0.750. The Bertz CT molecular complexity index is 94.7. The highest BCUT2D eigenvalue weighted by atomic mass is 16.3. The van der Waals surface area contributed by atoms with Crippen molar-refractivity contribution in [3.8, 4) is 0 Å². The Hall–Kier alpha value is -0.300. The van der Waals surface area contributed by atoms with Crippen LogP contribution in [0.25, 0.3) is 0 Å². The molecular formula is C8H16O. The normalized spacial score (nSPS) is 15.1. The van der Waals surface area contributed by atoms with E-state index < -0.39 is 0 Å². The molecular weight excluding hydrogens is 112 g/mol. The first-order chi connectivity index (χ1) is 4.04. The number of allylic oxidation sites excluding steroid dienone is 1. The fourth-order valence-electron chi connectivity index (χ4n) is 0.463. The zero-order valence-electron chi connectivity index (χ0n) is 6.52. The fourth-order valence-corrected chi connectivity index (χ4v) is 0.463. The molecule has 0 saturated carbocycles. The van der Waals surface area contributed by atoms with Gasteiger partial charge in [0.1, 0.15) is 0 Å². The zero-order valence-corrected chi connectivity index (χ0v) is 6.52. The molecule has 0 unspecified atom stereocenters. The van der Waals surface area contributed by atoms with Crippen LogP contribution in [0.5, 0.6) is 0 Å². The van der Waals surface area contributed by atoms with Crippen LogP contribution in [0.15, 0.2) is 12.7 Å². The molecule has 0 aliphatic rings. The summed E-state index contributed by atoms with van der Waals surface area (Å²) in [6.07, 6.45) is 1.87. The molecule has 9 heavy (non-hydrogen) atoms. The van der Waals surface area contributed by atoms with Gasteiger partial charge >= 0.3 is 0 Å². The molecule has 0 heterocycles. The van der Waals surface area contributed by atoms with Gasteiger partial charge in [0.25, 0.3) is 0 Å². The van der Waals surface area contributed by atoms with Gasteiger partial charge in [0.05, 0.1) is 0 Å². The van der Waals surface area contributed by atoms with Gasteiger partial charge in [-0.05, 0) is 11.3 Å².